The number of thiophene rings is 2. The van der Waals surface area contributed by atoms with Gasteiger partial charge in [-0.25, -0.2) is 4.98 Å². The number of carboxylic acid groups (broad SMARTS) is 1. The molecule has 3 aromatic heterocycles. The van der Waals surface area contributed by atoms with Gasteiger partial charge in [0.1, 0.15) is 4.83 Å². The maximum Gasteiger partial charge on any atom is 0.313 e. The number of carbonyl (C=O) groups is 1. The van der Waals surface area contributed by atoms with E-state index in [1.807, 2.05) is 22.2 Å². The number of carboxylic acids is 1. The van der Waals surface area contributed by atoms with Gasteiger partial charge in [-0.05, 0) is 22.9 Å². The van der Waals surface area contributed by atoms with E-state index >= 15 is 0 Å². The first-order valence-corrected chi connectivity index (χ1v) is 8.35. The van der Waals surface area contributed by atoms with E-state index in [0.29, 0.717) is 21.1 Å². The summed E-state index contributed by atoms with van der Waals surface area (Å²) in [6, 6.07) is 3.56. The molecule has 0 aliphatic heterocycles. The molecule has 102 valence electrons. The molecule has 3 rings (SSSR count). The Kier molecular flexibility index (Phi) is 3.60. The Labute approximate surface area is 125 Å². The highest BCUT2D eigenvalue weighted by atomic mass is 32.2. The summed E-state index contributed by atoms with van der Waals surface area (Å²) < 4.78 is 1.47. The van der Waals surface area contributed by atoms with E-state index in [0.717, 1.165) is 11.8 Å². The second kappa shape index (κ2) is 5.39. The van der Waals surface area contributed by atoms with E-state index in [-0.39, 0.29) is 11.3 Å². The van der Waals surface area contributed by atoms with Gasteiger partial charge >= 0.3 is 5.97 Å². The molecule has 0 saturated carbocycles. The molecule has 0 saturated heterocycles. The van der Waals surface area contributed by atoms with Crippen LogP contribution in [0.5, 0.6) is 0 Å². The number of nitrogens with zero attached hydrogens (tertiary/aromatic N) is 2. The molecule has 0 aliphatic carbocycles. The fraction of sp³-hybridized carbons (Fsp3) is 0.0833. The van der Waals surface area contributed by atoms with Crippen molar-refractivity contribution in [1.82, 2.24) is 9.55 Å². The highest BCUT2D eigenvalue weighted by Gasteiger charge is 2.15. The fourth-order valence-electron chi connectivity index (χ4n) is 1.73. The second-order valence-electron chi connectivity index (χ2n) is 3.84. The first kappa shape index (κ1) is 13.3. The van der Waals surface area contributed by atoms with Crippen molar-refractivity contribution >= 4 is 50.6 Å². The summed E-state index contributed by atoms with van der Waals surface area (Å²) in [5, 5.41) is 15.3. The Morgan fingerprint density at radius 1 is 1.40 bits per heavy atom. The van der Waals surface area contributed by atoms with Crippen LogP contribution >= 0.6 is 34.4 Å². The summed E-state index contributed by atoms with van der Waals surface area (Å²) in [6.45, 7) is 0. The average molecular weight is 324 g/mol. The zero-order valence-corrected chi connectivity index (χ0v) is 12.4. The SMILES string of the molecule is O=C(O)CSc1nc2sccc2c(=O)n1-c1ccsc1. The summed E-state index contributed by atoms with van der Waals surface area (Å²) in [5.74, 6) is -1.07. The molecule has 1 N–H and O–H groups in total. The fourth-order valence-corrected chi connectivity index (χ4v) is 3.89. The van der Waals surface area contributed by atoms with Crippen molar-refractivity contribution < 1.29 is 9.90 Å². The first-order valence-electron chi connectivity index (χ1n) is 5.54. The standard InChI is InChI=1S/C12H8N2O3S3/c15-9(16)6-20-12-13-10-8(2-4-19-10)11(17)14(12)7-1-3-18-5-7/h1-5H,6H2,(H,15,16). The van der Waals surface area contributed by atoms with Crippen molar-refractivity contribution in [2.45, 2.75) is 5.16 Å². The van der Waals surface area contributed by atoms with Crippen LogP contribution in [0.4, 0.5) is 0 Å². The molecule has 0 radical (unpaired) electrons. The highest BCUT2D eigenvalue weighted by molar-refractivity contribution is 7.99. The van der Waals surface area contributed by atoms with Crippen LogP contribution in [0, 0.1) is 0 Å². The molecule has 0 aromatic carbocycles. The van der Waals surface area contributed by atoms with Gasteiger partial charge < -0.3 is 5.11 Å². The number of hydrogen-bond donors (Lipinski definition) is 1. The number of aromatic nitrogens is 2. The normalized spacial score (nSPS) is 11.0. The van der Waals surface area contributed by atoms with Crippen LogP contribution < -0.4 is 5.56 Å². The van der Waals surface area contributed by atoms with E-state index in [9.17, 15) is 9.59 Å². The molecule has 0 bridgehead atoms. The van der Waals surface area contributed by atoms with Gasteiger partial charge in [-0.2, -0.15) is 11.3 Å². The number of rotatable bonds is 4. The molecule has 0 amide bonds. The Bertz CT molecular complexity index is 820. The molecule has 0 unspecified atom stereocenters. The highest BCUT2D eigenvalue weighted by Crippen LogP contribution is 2.24. The van der Waals surface area contributed by atoms with E-state index in [2.05, 4.69) is 4.98 Å². The van der Waals surface area contributed by atoms with Crippen molar-refractivity contribution in [3.63, 3.8) is 0 Å². The van der Waals surface area contributed by atoms with Gasteiger partial charge in [0.05, 0.1) is 16.8 Å². The predicted octanol–water partition coefficient (Wildman–Crippen LogP) is 2.69. The lowest BCUT2D eigenvalue weighted by Crippen LogP contribution is -2.21. The van der Waals surface area contributed by atoms with Crippen molar-refractivity contribution in [3.05, 3.63) is 38.6 Å². The summed E-state index contributed by atoms with van der Waals surface area (Å²) in [7, 11) is 0. The average Bonchev–Trinajstić information content (AvgIpc) is 3.06. The van der Waals surface area contributed by atoms with E-state index < -0.39 is 5.97 Å². The van der Waals surface area contributed by atoms with Gasteiger partial charge in [-0.3, -0.25) is 14.2 Å². The van der Waals surface area contributed by atoms with Crippen LogP contribution in [0.25, 0.3) is 15.9 Å². The van der Waals surface area contributed by atoms with Crippen LogP contribution in [-0.2, 0) is 4.79 Å². The van der Waals surface area contributed by atoms with Gasteiger partial charge in [0.25, 0.3) is 5.56 Å². The van der Waals surface area contributed by atoms with Crippen LogP contribution in [0.2, 0.25) is 0 Å². The molecule has 0 atom stereocenters. The van der Waals surface area contributed by atoms with Gasteiger partial charge in [0.2, 0.25) is 0 Å². The zero-order chi connectivity index (χ0) is 14.1. The molecule has 20 heavy (non-hydrogen) atoms. The maximum atomic E-state index is 12.5. The van der Waals surface area contributed by atoms with Gasteiger partial charge in [0.15, 0.2) is 5.16 Å². The largest absolute Gasteiger partial charge is 0.481 e. The summed E-state index contributed by atoms with van der Waals surface area (Å²) in [5.41, 5.74) is 0.552. The smallest absolute Gasteiger partial charge is 0.313 e. The lowest BCUT2D eigenvalue weighted by atomic mass is 10.4. The Balaban J connectivity index is 2.22. The lowest BCUT2D eigenvalue weighted by molar-refractivity contribution is -0.133. The lowest BCUT2D eigenvalue weighted by Gasteiger charge is -2.09. The van der Waals surface area contributed by atoms with Crippen LogP contribution in [-0.4, -0.2) is 26.4 Å². The van der Waals surface area contributed by atoms with Gasteiger partial charge in [0, 0.05) is 5.38 Å². The summed E-state index contributed by atoms with van der Waals surface area (Å²) >= 11 is 3.90. The molecule has 8 heteroatoms. The molecule has 0 fully saturated rings. The summed E-state index contributed by atoms with van der Waals surface area (Å²) in [4.78, 5) is 28.3. The Morgan fingerprint density at radius 2 is 2.25 bits per heavy atom. The van der Waals surface area contributed by atoms with Crippen LogP contribution in [0.3, 0.4) is 0 Å². The third kappa shape index (κ3) is 2.37. The quantitative estimate of drug-likeness (QED) is 0.590. The Morgan fingerprint density at radius 3 is 2.95 bits per heavy atom. The van der Waals surface area contributed by atoms with E-state index in [1.165, 1.54) is 27.2 Å². The van der Waals surface area contributed by atoms with Crippen molar-refractivity contribution in [3.8, 4) is 5.69 Å². The molecule has 0 spiro atoms. The molecular weight excluding hydrogens is 316 g/mol. The predicted molar refractivity (Wildman–Crippen MR) is 81.5 cm³/mol. The number of hydrogen-bond acceptors (Lipinski definition) is 6. The molecular formula is C12H8N2O3S3. The minimum Gasteiger partial charge on any atom is -0.481 e. The molecule has 3 heterocycles. The minimum atomic E-state index is -0.938. The molecule has 3 aromatic rings. The Hall–Kier alpha value is -1.64. The van der Waals surface area contributed by atoms with Crippen molar-refractivity contribution in [1.29, 1.82) is 0 Å². The van der Waals surface area contributed by atoms with Gasteiger partial charge in [-0.1, -0.05) is 11.8 Å². The van der Waals surface area contributed by atoms with E-state index in [4.69, 9.17) is 5.11 Å². The van der Waals surface area contributed by atoms with Gasteiger partial charge in [-0.15, -0.1) is 11.3 Å². The van der Waals surface area contributed by atoms with Crippen LogP contribution in [0.15, 0.2) is 38.2 Å². The first-order chi connectivity index (χ1) is 9.66. The number of aliphatic carboxylic acids is 1. The molecule has 5 nitrogen and oxygen atoms in total. The van der Waals surface area contributed by atoms with Crippen molar-refractivity contribution in [2.24, 2.45) is 0 Å². The number of fused-ring (bicyclic) bond motifs is 1. The molecule has 0 aliphatic rings. The third-order valence-corrected chi connectivity index (χ3v) is 4.96. The van der Waals surface area contributed by atoms with E-state index in [1.54, 1.807) is 6.07 Å². The maximum absolute atomic E-state index is 12.5. The van der Waals surface area contributed by atoms with Crippen molar-refractivity contribution in [2.75, 3.05) is 5.75 Å². The number of thioether (sulfide) groups is 1. The second-order valence-corrected chi connectivity index (χ2v) is 6.46. The zero-order valence-electron chi connectivity index (χ0n) is 9.98. The minimum absolute atomic E-state index is 0.131. The summed E-state index contributed by atoms with van der Waals surface area (Å²) in [6.07, 6.45) is 0. The topological polar surface area (TPSA) is 72.2 Å². The monoisotopic (exact) mass is 324 g/mol. The third-order valence-electron chi connectivity index (χ3n) is 2.56. The van der Waals surface area contributed by atoms with Crippen LogP contribution in [0.1, 0.15) is 0 Å².